The molecule has 0 radical (unpaired) electrons. The van der Waals surface area contributed by atoms with Crippen LogP contribution in [-0.2, 0) is 6.42 Å². The van der Waals surface area contributed by atoms with Gasteiger partial charge in [-0.3, -0.25) is 4.79 Å². The maximum atomic E-state index is 12.7. The summed E-state index contributed by atoms with van der Waals surface area (Å²) < 4.78 is 12.7. The summed E-state index contributed by atoms with van der Waals surface area (Å²) in [5.74, 6) is -0.311. The summed E-state index contributed by atoms with van der Waals surface area (Å²) in [7, 11) is 0. The second-order valence-corrected chi connectivity index (χ2v) is 4.49. The van der Waals surface area contributed by atoms with Gasteiger partial charge < -0.3 is 0 Å². The van der Waals surface area contributed by atoms with Gasteiger partial charge in [-0.05, 0) is 48.4 Å². The fraction of sp³-hybridized carbons (Fsp3) is 0.133. The lowest BCUT2D eigenvalue weighted by Crippen LogP contribution is -2.01. The van der Waals surface area contributed by atoms with Crippen molar-refractivity contribution >= 4 is 17.4 Å². The zero-order valence-corrected chi connectivity index (χ0v) is 10.5. The monoisotopic (exact) mass is 262 g/mol. The summed E-state index contributed by atoms with van der Waals surface area (Å²) in [5, 5.41) is 0.684. The Morgan fingerprint density at radius 2 is 1.61 bits per heavy atom. The van der Waals surface area contributed by atoms with Crippen molar-refractivity contribution in [3.63, 3.8) is 0 Å². The number of carbonyl (C=O) groups is 1. The summed E-state index contributed by atoms with van der Waals surface area (Å²) in [4.78, 5) is 11.8. The fourth-order valence-electron chi connectivity index (χ4n) is 1.69. The number of Topliss-reactive ketones (excluding diaryl/α,β-unsaturated/α-hetero) is 1. The van der Waals surface area contributed by atoms with Crippen molar-refractivity contribution in [2.24, 2.45) is 0 Å². The molecule has 0 amide bonds. The van der Waals surface area contributed by atoms with Crippen LogP contribution in [0.25, 0.3) is 0 Å². The van der Waals surface area contributed by atoms with Crippen molar-refractivity contribution < 1.29 is 9.18 Å². The summed E-state index contributed by atoms with van der Waals surface area (Å²) in [6.45, 7) is 0. The van der Waals surface area contributed by atoms with Crippen LogP contribution in [0.1, 0.15) is 22.3 Å². The topological polar surface area (TPSA) is 17.1 Å². The van der Waals surface area contributed by atoms with Crippen molar-refractivity contribution in [3.8, 4) is 0 Å². The van der Waals surface area contributed by atoms with Crippen LogP contribution < -0.4 is 0 Å². The zero-order chi connectivity index (χ0) is 13.0. The van der Waals surface area contributed by atoms with E-state index < -0.39 is 0 Å². The number of rotatable bonds is 4. The van der Waals surface area contributed by atoms with E-state index in [4.69, 9.17) is 11.6 Å². The molecule has 0 heterocycles. The summed E-state index contributed by atoms with van der Waals surface area (Å²) >= 11 is 5.78. The molecule has 1 nitrogen and oxygen atoms in total. The first-order valence-electron chi connectivity index (χ1n) is 5.68. The van der Waals surface area contributed by atoms with E-state index >= 15 is 0 Å². The van der Waals surface area contributed by atoms with Gasteiger partial charge in [0.25, 0.3) is 0 Å². The molecule has 2 aromatic carbocycles. The molecule has 0 aliphatic carbocycles. The molecule has 0 saturated heterocycles. The van der Waals surface area contributed by atoms with Crippen LogP contribution in [0.5, 0.6) is 0 Å². The lowest BCUT2D eigenvalue weighted by atomic mass is 10.0. The van der Waals surface area contributed by atoms with Crippen molar-refractivity contribution in [3.05, 3.63) is 70.5 Å². The van der Waals surface area contributed by atoms with Gasteiger partial charge in [-0.1, -0.05) is 23.7 Å². The third kappa shape index (κ3) is 3.41. The standard InChI is InChI=1S/C15H12ClFO/c16-13-6-1-11(2-7-13)3-10-15(18)12-4-8-14(17)9-5-12/h1-2,4-9H,3,10H2. The van der Waals surface area contributed by atoms with Gasteiger partial charge in [0, 0.05) is 17.0 Å². The number of benzene rings is 2. The van der Waals surface area contributed by atoms with E-state index in [1.165, 1.54) is 24.3 Å². The zero-order valence-electron chi connectivity index (χ0n) is 9.70. The first-order chi connectivity index (χ1) is 8.65. The maximum Gasteiger partial charge on any atom is 0.163 e. The first kappa shape index (κ1) is 12.8. The molecule has 0 atom stereocenters. The number of hydrogen-bond donors (Lipinski definition) is 0. The molecule has 18 heavy (non-hydrogen) atoms. The molecule has 0 spiro atoms. The normalized spacial score (nSPS) is 10.3. The molecule has 0 aliphatic heterocycles. The van der Waals surface area contributed by atoms with E-state index in [-0.39, 0.29) is 11.6 Å². The largest absolute Gasteiger partial charge is 0.294 e. The first-order valence-corrected chi connectivity index (χ1v) is 6.06. The third-order valence-corrected chi connectivity index (χ3v) is 2.97. The molecule has 0 aliphatic rings. The third-order valence-electron chi connectivity index (χ3n) is 2.72. The molecule has 0 N–H and O–H groups in total. The molecule has 0 fully saturated rings. The minimum atomic E-state index is -0.329. The Kier molecular flexibility index (Phi) is 4.11. The van der Waals surface area contributed by atoms with Gasteiger partial charge >= 0.3 is 0 Å². The van der Waals surface area contributed by atoms with Gasteiger partial charge in [-0.2, -0.15) is 0 Å². The van der Waals surface area contributed by atoms with Crippen molar-refractivity contribution in [2.75, 3.05) is 0 Å². The highest BCUT2D eigenvalue weighted by Gasteiger charge is 2.06. The Balaban J connectivity index is 1.96. The van der Waals surface area contributed by atoms with E-state index in [0.29, 0.717) is 23.4 Å². The molecule has 3 heteroatoms. The predicted octanol–water partition coefficient (Wildman–Crippen LogP) is 4.29. The SMILES string of the molecule is O=C(CCc1ccc(Cl)cc1)c1ccc(F)cc1. The summed E-state index contributed by atoms with van der Waals surface area (Å²) in [5.41, 5.74) is 1.61. The van der Waals surface area contributed by atoms with Gasteiger partial charge in [0.15, 0.2) is 5.78 Å². The van der Waals surface area contributed by atoms with Gasteiger partial charge in [-0.25, -0.2) is 4.39 Å². The van der Waals surface area contributed by atoms with Crippen LogP contribution in [0.15, 0.2) is 48.5 Å². The minimum absolute atomic E-state index is 0.0185. The average Bonchev–Trinajstić information content (AvgIpc) is 2.38. The van der Waals surface area contributed by atoms with Crippen molar-refractivity contribution in [1.29, 1.82) is 0 Å². The van der Waals surface area contributed by atoms with Gasteiger partial charge in [0.2, 0.25) is 0 Å². The number of carbonyl (C=O) groups excluding carboxylic acids is 1. The molecular weight excluding hydrogens is 251 g/mol. The Labute approximate surface area is 110 Å². The average molecular weight is 263 g/mol. The van der Waals surface area contributed by atoms with Crippen LogP contribution in [0.2, 0.25) is 5.02 Å². The molecule has 0 aromatic heterocycles. The van der Waals surface area contributed by atoms with E-state index in [1.54, 1.807) is 12.1 Å². The molecule has 0 bridgehead atoms. The van der Waals surface area contributed by atoms with E-state index in [1.807, 2.05) is 12.1 Å². The Morgan fingerprint density at radius 3 is 2.22 bits per heavy atom. The maximum absolute atomic E-state index is 12.7. The van der Waals surface area contributed by atoms with E-state index in [2.05, 4.69) is 0 Å². The van der Waals surface area contributed by atoms with Crippen LogP contribution in [0, 0.1) is 5.82 Å². The molecular formula is C15H12ClFO. The van der Waals surface area contributed by atoms with Crippen LogP contribution in [-0.4, -0.2) is 5.78 Å². The number of hydrogen-bond acceptors (Lipinski definition) is 1. The summed E-state index contributed by atoms with van der Waals surface area (Å²) in [6.07, 6.45) is 1.07. The highest BCUT2D eigenvalue weighted by Crippen LogP contribution is 2.13. The number of ketones is 1. The number of halogens is 2. The van der Waals surface area contributed by atoms with Crippen LogP contribution in [0.4, 0.5) is 4.39 Å². The number of aryl methyl sites for hydroxylation is 1. The quantitative estimate of drug-likeness (QED) is 0.751. The smallest absolute Gasteiger partial charge is 0.163 e. The van der Waals surface area contributed by atoms with Crippen molar-refractivity contribution in [2.45, 2.75) is 12.8 Å². The second kappa shape index (κ2) is 5.78. The fourth-order valence-corrected chi connectivity index (χ4v) is 1.82. The Bertz CT molecular complexity index is 531. The molecule has 92 valence electrons. The van der Waals surface area contributed by atoms with Gasteiger partial charge in [0.05, 0.1) is 0 Å². The summed E-state index contributed by atoms with van der Waals surface area (Å²) in [6, 6.07) is 13.0. The Morgan fingerprint density at radius 1 is 1.00 bits per heavy atom. The highest BCUT2D eigenvalue weighted by molar-refractivity contribution is 6.30. The van der Waals surface area contributed by atoms with Gasteiger partial charge in [-0.15, -0.1) is 0 Å². The van der Waals surface area contributed by atoms with E-state index in [9.17, 15) is 9.18 Å². The predicted molar refractivity (Wildman–Crippen MR) is 70.5 cm³/mol. The van der Waals surface area contributed by atoms with Crippen LogP contribution >= 0.6 is 11.6 Å². The Hall–Kier alpha value is -1.67. The second-order valence-electron chi connectivity index (χ2n) is 4.06. The van der Waals surface area contributed by atoms with Crippen molar-refractivity contribution in [1.82, 2.24) is 0 Å². The lowest BCUT2D eigenvalue weighted by molar-refractivity contribution is 0.0983. The van der Waals surface area contributed by atoms with Crippen LogP contribution in [0.3, 0.4) is 0 Å². The molecule has 0 unspecified atom stereocenters. The minimum Gasteiger partial charge on any atom is -0.294 e. The molecule has 2 rings (SSSR count). The van der Waals surface area contributed by atoms with E-state index in [0.717, 1.165) is 5.56 Å². The van der Waals surface area contributed by atoms with Gasteiger partial charge in [0.1, 0.15) is 5.82 Å². The lowest BCUT2D eigenvalue weighted by Gasteiger charge is -2.02. The molecule has 0 saturated carbocycles. The molecule has 2 aromatic rings. The highest BCUT2D eigenvalue weighted by atomic mass is 35.5.